The Morgan fingerprint density at radius 2 is 1.83 bits per heavy atom. The summed E-state index contributed by atoms with van der Waals surface area (Å²) in [6, 6.07) is 6.68. The zero-order valence-electron chi connectivity index (χ0n) is 9.40. The third-order valence-electron chi connectivity index (χ3n) is 2.97. The third kappa shape index (κ3) is 1.83. The molecule has 0 amide bonds. The lowest BCUT2D eigenvalue weighted by atomic mass is 9.92. The van der Waals surface area contributed by atoms with Crippen molar-refractivity contribution in [1.82, 2.24) is 5.32 Å². The zero-order chi connectivity index (χ0) is 12.7. The third-order valence-corrected chi connectivity index (χ3v) is 3.33. The quantitative estimate of drug-likeness (QED) is 0.840. The molecule has 1 fully saturated rings. The molecule has 1 saturated heterocycles. The number of benzene rings is 1. The molecule has 0 aromatic heterocycles. The first-order chi connectivity index (χ1) is 8.68. The van der Waals surface area contributed by atoms with Crippen molar-refractivity contribution in [3.63, 3.8) is 0 Å². The number of hydrogen-bond acceptors (Lipinski definition) is 4. The van der Waals surface area contributed by atoms with Gasteiger partial charge < -0.3 is 10.1 Å². The van der Waals surface area contributed by atoms with Crippen LogP contribution >= 0.6 is 11.6 Å². The predicted octanol–water partition coefficient (Wildman–Crippen LogP) is 1.50. The number of epoxide rings is 1. The van der Waals surface area contributed by atoms with E-state index in [1.807, 2.05) is 0 Å². The van der Waals surface area contributed by atoms with Crippen LogP contribution in [0, 0.1) is 0 Å². The Hall–Kier alpha value is -1.65. The van der Waals surface area contributed by atoms with Gasteiger partial charge in [0.2, 0.25) is 11.6 Å². The second kappa shape index (κ2) is 4.23. The first-order valence-electron chi connectivity index (χ1n) is 5.62. The normalized spacial score (nSPS) is 21.9. The monoisotopic (exact) mass is 263 g/mol. The maximum Gasteiger partial charge on any atom is 0.211 e. The first-order valence-corrected chi connectivity index (χ1v) is 6.00. The summed E-state index contributed by atoms with van der Waals surface area (Å²) < 4.78 is 5.04. The van der Waals surface area contributed by atoms with Gasteiger partial charge in [-0.15, -0.1) is 0 Å². The number of allylic oxidation sites excluding steroid dienone is 2. The van der Waals surface area contributed by atoms with E-state index in [9.17, 15) is 9.59 Å². The summed E-state index contributed by atoms with van der Waals surface area (Å²) in [5.41, 5.74) is 0.933. The number of hydrogen-bond donors (Lipinski definition) is 1. The lowest BCUT2D eigenvalue weighted by Gasteiger charge is -2.18. The number of rotatable bonds is 3. The van der Waals surface area contributed by atoms with Gasteiger partial charge in [-0.25, -0.2) is 0 Å². The number of ketones is 2. The summed E-state index contributed by atoms with van der Waals surface area (Å²) in [5.74, 6) is -0.554. The number of ether oxygens (including phenoxy) is 1. The number of carbonyl (C=O) groups is 2. The van der Waals surface area contributed by atoms with Gasteiger partial charge in [-0.1, -0.05) is 35.9 Å². The van der Waals surface area contributed by atoms with Crippen molar-refractivity contribution >= 4 is 23.2 Å². The zero-order valence-corrected chi connectivity index (χ0v) is 10.2. The van der Waals surface area contributed by atoms with Gasteiger partial charge in [0.05, 0.1) is 12.7 Å². The largest absolute Gasteiger partial charge is 0.378 e. The summed E-state index contributed by atoms with van der Waals surface area (Å²) in [7, 11) is 0. The fourth-order valence-electron chi connectivity index (χ4n) is 1.90. The molecule has 1 aliphatic heterocycles. The molecule has 1 N–H and O–H groups in total. The highest BCUT2D eigenvalue weighted by molar-refractivity contribution is 6.49. The Bertz CT molecular complexity index is 575. The van der Waals surface area contributed by atoms with Gasteiger partial charge in [0.1, 0.15) is 10.7 Å². The summed E-state index contributed by atoms with van der Waals surface area (Å²) in [6.07, 6.45) is 0.113. The summed E-state index contributed by atoms with van der Waals surface area (Å²) in [6.45, 7) is 1.17. The Balaban J connectivity index is 1.96. The Morgan fingerprint density at radius 1 is 1.22 bits per heavy atom. The van der Waals surface area contributed by atoms with Crippen LogP contribution in [0.25, 0.3) is 0 Å². The fourth-order valence-corrected chi connectivity index (χ4v) is 2.16. The van der Waals surface area contributed by atoms with Crippen LogP contribution in [-0.2, 0) is 4.74 Å². The molecule has 18 heavy (non-hydrogen) atoms. The lowest BCUT2D eigenvalue weighted by molar-refractivity contribution is 0.0974. The van der Waals surface area contributed by atoms with Crippen LogP contribution in [0.3, 0.4) is 0 Å². The average Bonchev–Trinajstić information content (AvgIpc) is 3.20. The number of fused-ring (bicyclic) bond motifs is 1. The molecule has 2 aliphatic rings. The van der Waals surface area contributed by atoms with Crippen molar-refractivity contribution in [3.05, 3.63) is 46.1 Å². The van der Waals surface area contributed by atoms with Crippen LogP contribution in [0.4, 0.5) is 0 Å². The molecule has 92 valence electrons. The van der Waals surface area contributed by atoms with Crippen molar-refractivity contribution in [2.24, 2.45) is 0 Å². The maximum atomic E-state index is 12.2. The van der Waals surface area contributed by atoms with E-state index in [0.717, 1.165) is 0 Å². The van der Waals surface area contributed by atoms with E-state index >= 15 is 0 Å². The Kier molecular flexibility index (Phi) is 2.69. The van der Waals surface area contributed by atoms with Crippen molar-refractivity contribution in [2.75, 3.05) is 13.2 Å². The number of halogens is 1. The van der Waals surface area contributed by atoms with Gasteiger partial charge >= 0.3 is 0 Å². The van der Waals surface area contributed by atoms with E-state index in [1.165, 1.54) is 0 Å². The van der Waals surface area contributed by atoms with Crippen molar-refractivity contribution < 1.29 is 14.3 Å². The Labute approximate surface area is 109 Å². The van der Waals surface area contributed by atoms with Gasteiger partial charge in [0.15, 0.2) is 0 Å². The first kappa shape index (κ1) is 11.4. The molecule has 1 aromatic carbocycles. The summed E-state index contributed by atoms with van der Waals surface area (Å²) in [5, 5.41) is 2.86. The highest BCUT2D eigenvalue weighted by atomic mass is 35.5. The van der Waals surface area contributed by atoms with E-state index in [1.54, 1.807) is 24.3 Å². The minimum atomic E-state index is -0.314. The van der Waals surface area contributed by atoms with Gasteiger partial charge in [-0.05, 0) is 0 Å². The molecule has 1 atom stereocenters. The van der Waals surface area contributed by atoms with Crippen molar-refractivity contribution in [2.45, 2.75) is 6.10 Å². The molecular weight excluding hydrogens is 254 g/mol. The van der Waals surface area contributed by atoms with Crippen LogP contribution in [0.5, 0.6) is 0 Å². The van der Waals surface area contributed by atoms with Crippen LogP contribution in [0.15, 0.2) is 35.0 Å². The number of carbonyl (C=O) groups excluding carboxylic acids is 2. The van der Waals surface area contributed by atoms with Crippen molar-refractivity contribution in [3.8, 4) is 0 Å². The second-order valence-electron chi connectivity index (χ2n) is 4.23. The molecule has 0 saturated carbocycles. The smallest absolute Gasteiger partial charge is 0.211 e. The lowest BCUT2D eigenvalue weighted by Crippen LogP contribution is -2.31. The molecule has 0 bridgehead atoms. The topological polar surface area (TPSA) is 58.7 Å². The van der Waals surface area contributed by atoms with Gasteiger partial charge in [0.25, 0.3) is 0 Å². The van der Waals surface area contributed by atoms with Crippen LogP contribution in [0.1, 0.15) is 20.7 Å². The molecule has 1 unspecified atom stereocenters. The van der Waals surface area contributed by atoms with E-state index in [4.69, 9.17) is 16.3 Å². The van der Waals surface area contributed by atoms with E-state index < -0.39 is 0 Å². The standard InChI is InChI=1S/C13H10ClNO3/c14-10-11(15-5-7-6-18-7)13(17)9-4-2-1-3-8(9)12(10)16/h1-4,7,15H,5-6H2. The van der Waals surface area contributed by atoms with Crippen LogP contribution < -0.4 is 5.32 Å². The number of nitrogens with one attached hydrogen (secondary N) is 1. The molecular formula is C13H10ClNO3. The summed E-state index contributed by atoms with van der Waals surface area (Å²) >= 11 is 5.97. The summed E-state index contributed by atoms with van der Waals surface area (Å²) in [4.78, 5) is 24.2. The predicted molar refractivity (Wildman–Crippen MR) is 65.7 cm³/mol. The molecule has 3 rings (SSSR count). The molecule has 0 spiro atoms. The van der Waals surface area contributed by atoms with Crippen LogP contribution in [0.2, 0.25) is 0 Å². The molecule has 5 heteroatoms. The van der Waals surface area contributed by atoms with E-state index in [2.05, 4.69) is 5.32 Å². The minimum Gasteiger partial charge on any atom is -0.378 e. The van der Waals surface area contributed by atoms with Crippen molar-refractivity contribution in [1.29, 1.82) is 0 Å². The highest BCUT2D eigenvalue weighted by Gasteiger charge is 2.32. The molecule has 1 aromatic rings. The number of Topliss-reactive ketones (excluding diaryl/α,β-unsaturated/α-hetero) is 2. The van der Waals surface area contributed by atoms with E-state index in [-0.39, 0.29) is 28.4 Å². The highest BCUT2D eigenvalue weighted by Crippen LogP contribution is 2.27. The van der Waals surface area contributed by atoms with Crippen LogP contribution in [-0.4, -0.2) is 30.8 Å². The van der Waals surface area contributed by atoms with Gasteiger partial charge in [0, 0.05) is 17.7 Å². The van der Waals surface area contributed by atoms with Gasteiger partial charge in [-0.2, -0.15) is 0 Å². The molecule has 1 heterocycles. The maximum absolute atomic E-state index is 12.2. The molecule has 0 radical (unpaired) electrons. The molecule has 1 aliphatic carbocycles. The van der Waals surface area contributed by atoms with E-state index in [0.29, 0.717) is 24.3 Å². The minimum absolute atomic E-state index is 0.0423. The van der Waals surface area contributed by atoms with Gasteiger partial charge in [-0.3, -0.25) is 9.59 Å². The Morgan fingerprint density at radius 3 is 2.44 bits per heavy atom. The second-order valence-corrected chi connectivity index (χ2v) is 4.61. The SMILES string of the molecule is O=C1C(Cl)=C(NCC2CO2)C(=O)c2ccccc21. The molecule has 4 nitrogen and oxygen atoms in total. The average molecular weight is 264 g/mol. The fraction of sp³-hybridized carbons (Fsp3) is 0.231.